The summed E-state index contributed by atoms with van der Waals surface area (Å²) in [4.78, 5) is 45.4. The Balaban J connectivity index is 5.18. The summed E-state index contributed by atoms with van der Waals surface area (Å²) in [7, 11) is 0. The highest BCUT2D eigenvalue weighted by molar-refractivity contribution is 5.99. The predicted octanol–water partition coefficient (Wildman–Crippen LogP) is 7.95. The van der Waals surface area contributed by atoms with Gasteiger partial charge in [0.1, 0.15) is 6.04 Å². The van der Waals surface area contributed by atoms with Gasteiger partial charge >= 0.3 is 5.97 Å². The van der Waals surface area contributed by atoms with Crippen molar-refractivity contribution in [2.45, 2.75) is 181 Å². The fourth-order valence-corrected chi connectivity index (χ4v) is 5.16. The minimum absolute atomic E-state index is 0.0168. The molecule has 42 heavy (non-hydrogen) atoms. The molecule has 0 fully saturated rings. The predicted molar refractivity (Wildman–Crippen MR) is 175 cm³/mol. The maximum atomic E-state index is 13.5. The van der Waals surface area contributed by atoms with Crippen LogP contribution in [0.3, 0.4) is 0 Å². The van der Waals surface area contributed by atoms with Crippen LogP contribution in [-0.4, -0.2) is 47.8 Å². The van der Waals surface area contributed by atoms with Crippen LogP contribution in [0.25, 0.3) is 0 Å². The third-order valence-electron chi connectivity index (χ3n) is 7.78. The van der Waals surface area contributed by atoms with E-state index >= 15 is 0 Å². The second-order valence-corrected chi connectivity index (χ2v) is 11.8. The maximum Gasteiger partial charge on any atom is 0.329 e. The van der Waals surface area contributed by atoms with Crippen molar-refractivity contribution in [3.05, 3.63) is 0 Å². The average molecular weight is 595 g/mol. The van der Waals surface area contributed by atoms with E-state index in [9.17, 15) is 14.4 Å². The van der Waals surface area contributed by atoms with Gasteiger partial charge in [-0.05, 0) is 32.1 Å². The summed E-state index contributed by atoms with van der Waals surface area (Å²) in [6, 6.07) is -0.937. The smallest absolute Gasteiger partial charge is 0.329 e. The number of ether oxygens (including phenoxy) is 1. The molecule has 0 bridgehead atoms. The topological polar surface area (TPSA) is 128 Å². The molecule has 0 aliphatic carbocycles. The van der Waals surface area contributed by atoms with Crippen molar-refractivity contribution >= 4 is 23.7 Å². The SMILES string of the molecule is CCCCCCCCCCCC(=O)N(C(=O)CCCCCCCCCCC)[C@@H](CCCN=C(N)N)C(=O)OCCCC. The normalized spacial score (nSPS) is 11.7. The number of hydrogen-bond donors (Lipinski definition) is 2. The monoisotopic (exact) mass is 595 g/mol. The lowest BCUT2D eigenvalue weighted by Crippen LogP contribution is -2.49. The molecule has 1 atom stereocenters. The van der Waals surface area contributed by atoms with Gasteiger partial charge in [0.25, 0.3) is 0 Å². The Morgan fingerprint density at radius 3 is 1.40 bits per heavy atom. The van der Waals surface area contributed by atoms with Crippen molar-refractivity contribution in [1.82, 2.24) is 4.90 Å². The van der Waals surface area contributed by atoms with Crippen molar-refractivity contribution in [3.8, 4) is 0 Å². The van der Waals surface area contributed by atoms with E-state index in [1.54, 1.807) is 0 Å². The Bertz CT molecular complexity index is 676. The lowest BCUT2D eigenvalue weighted by molar-refractivity contribution is -0.162. The number of rotatable bonds is 29. The Kier molecular flexibility index (Phi) is 27.5. The molecule has 8 heteroatoms. The second-order valence-electron chi connectivity index (χ2n) is 11.8. The first-order valence-electron chi connectivity index (χ1n) is 17.5. The lowest BCUT2D eigenvalue weighted by Gasteiger charge is -2.29. The molecule has 0 spiro atoms. The van der Waals surface area contributed by atoms with Crippen molar-refractivity contribution < 1.29 is 19.1 Å². The molecule has 0 unspecified atom stereocenters. The standard InChI is InChI=1S/C34H66N4O4/c1-4-7-10-12-14-16-18-20-22-26-31(39)38(32(40)27-23-21-19-17-15-13-11-8-5-2)30(25-24-28-37-34(35)36)33(41)42-29-9-6-3/h30H,4-29H2,1-3H3,(H4,35,36,37)/t30-/m0/s1. The molecule has 0 aromatic carbocycles. The van der Waals surface area contributed by atoms with Crippen molar-refractivity contribution in [2.24, 2.45) is 16.5 Å². The van der Waals surface area contributed by atoms with Gasteiger partial charge in [0, 0.05) is 19.4 Å². The molecule has 0 aromatic rings. The number of carbonyl (C=O) groups is 3. The third kappa shape index (κ3) is 22.5. The average Bonchev–Trinajstić information content (AvgIpc) is 2.96. The van der Waals surface area contributed by atoms with Crippen LogP contribution in [0.4, 0.5) is 0 Å². The van der Waals surface area contributed by atoms with Crippen LogP contribution in [0.2, 0.25) is 0 Å². The van der Waals surface area contributed by atoms with Gasteiger partial charge in [-0.3, -0.25) is 19.5 Å². The van der Waals surface area contributed by atoms with E-state index in [4.69, 9.17) is 16.2 Å². The third-order valence-corrected chi connectivity index (χ3v) is 7.78. The molecule has 0 radical (unpaired) electrons. The molecule has 0 saturated heterocycles. The number of nitrogens with two attached hydrogens (primary N) is 2. The summed E-state index contributed by atoms with van der Waals surface area (Å²) in [5.74, 6) is -1.05. The number of esters is 1. The summed E-state index contributed by atoms with van der Waals surface area (Å²) in [6.45, 7) is 7.08. The Labute approximate surface area is 258 Å². The van der Waals surface area contributed by atoms with Gasteiger partial charge in [0.15, 0.2) is 5.96 Å². The molecule has 0 heterocycles. The largest absolute Gasteiger partial charge is 0.464 e. The fraction of sp³-hybridized carbons (Fsp3) is 0.882. The summed E-state index contributed by atoms with van der Waals surface area (Å²) >= 11 is 0. The highest BCUT2D eigenvalue weighted by Crippen LogP contribution is 2.19. The number of nitrogens with zero attached hydrogens (tertiary/aromatic N) is 2. The fourth-order valence-electron chi connectivity index (χ4n) is 5.16. The van der Waals surface area contributed by atoms with E-state index in [0.717, 1.165) is 51.4 Å². The molecule has 0 aliphatic rings. The van der Waals surface area contributed by atoms with Gasteiger partial charge in [-0.25, -0.2) is 4.79 Å². The molecule has 8 nitrogen and oxygen atoms in total. The van der Waals surface area contributed by atoms with E-state index < -0.39 is 12.0 Å². The summed E-state index contributed by atoms with van der Waals surface area (Å²) in [6.07, 6.45) is 23.5. The number of carbonyl (C=O) groups excluding carboxylic acids is 3. The van der Waals surface area contributed by atoms with Crippen LogP contribution in [-0.2, 0) is 19.1 Å². The van der Waals surface area contributed by atoms with Gasteiger partial charge < -0.3 is 16.2 Å². The van der Waals surface area contributed by atoms with E-state index in [2.05, 4.69) is 18.8 Å². The molecular weight excluding hydrogens is 528 g/mol. The van der Waals surface area contributed by atoms with Crippen molar-refractivity contribution in [2.75, 3.05) is 13.2 Å². The van der Waals surface area contributed by atoms with Crippen LogP contribution in [0.15, 0.2) is 4.99 Å². The van der Waals surface area contributed by atoms with Crippen LogP contribution in [0, 0.1) is 0 Å². The van der Waals surface area contributed by atoms with Crippen LogP contribution < -0.4 is 11.5 Å². The number of guanidine groups is 1. The molecule has 4 N–H and O–H groups in total. The van der Waals surface area contributed by atoms with Gasteiger partial charge in [-0.2, -0.15) is 0 Å². The Morgan fingerprint density at radius 2 is 1.00 bits per heavy atom. The van der Waals surface area contributed by atoms with Crippen molar-refractivity contribution in [3.63, 3.8) is 0 Å². The zero-order valence-electron chi connectivity index (χ0n) is 27.6. The summed E-state index contributed by atoms with van der Waals surface area (Å²) in [5.41, 5.74) is 10.9. The zero-order chi connectivity index (χ0) is 31.3. The quantitative estimate of drug-likeness (QED) is 0.0391. The Hall–Kier alpha value is -2.12. The summed E-state index contributed by atoms with van der Waals surface area (Å²) < 4.78 is 5.53. The number of unbranched alkanes of at least 4 members (excludes halogenated alkanes) is 17. The first-order valence-corrected chi connectivity index (χ1v) is 17.5. The maximum absolute atomic E-state index is 13.5. The molecule has 0 saturated carbocycles. The van der Waals surface area contributed by atoms with Gasteiger partial charge in [0.05, 0.1) is 6.61 Å². The van der Waals surface area contributed by atoms with Crippen LogP contribution in [0.1, 0.15) is 175 Å². The first-order chi connectivity index (χ1) is 20.4. The van der Waals surface area contributed by atoms with Crippen LogP contribution >= 0.6 is 0 Å². The van der Waals surface area contributed by atoms with E-state index in [1.165, 1.54) is 81.9 Å². The molecule has 246 valence electrons. The van der Waals surface area contributed by atoms with E-state index in [0.29, 0.717) is 13.0 Å². The minimum atomic E-state index is -0.937. The highest BCUT2D eigenvalue weighted by atomic mass is 16.5. The number of aliphatic imine (C=N–C) groups is 1. The number of amides is 2. The molecule has 2 amide bonds. The lowest BCUT2D eigenvalue weighted by atomic mass is 10.0. The van der Waals surface area contributed by atoms with Crippen molar-refractivity contribution in [1.29, 1.82) is 0 Å². The molecule has 0 aromatic heterocycles. The van der Waals surface area contributed by atoms with E-state index in [1.807, 2.05) is 6.92 Å². The second kappa shape index (κ2) is 29.0. The summed E-state index contributed by atoms with van der Waals surface area (Å²) in [5, 5.41) is 0. The van der Waals surface area contributed by atoms with Crippen LogP contribution in [0.5, 0.6) is 0 Å². The molecular formula is C34H66N4O4. The molecule has 0 aliphatic heterocycles. The minimum Gasteiger partial charge on any atom is -0.464 e. The van der Waals surface area contributed by atoms with Gasteiger partial charge in [-0.1, -0.05) is 130 Å². The number of imide groups is 1. The number of hydrogen-bond acceptors (Lipinski definition) is 5. The highest BCUT2D eigenvalue weighted by Gasteiger charge is 2.34. The van der Waals surface area contributed by atoms with Gasteiger partial charge in [-0.15, -0.1) is 0 Å². The molecule has 0 rings (SSSR count). The van der Waals surface area contributed by atoms with Gasteiger partial charge in [0.2, 0.25) is 11.8 Å². The zero-order valence-corrected chi connectivity index (χ0v) is 27.6. The Morgan fingerprint density at radius 1 is 0.595 bits per heavy atom. The van der Waals surface area contributed by atoms with E-state index in [-0.39, 0.29) is 43.6 Å². The first kappa shape index (κ1) is 39.9.